The van der Waals surface area contributed by atoms with Crippen molar-refractivity contribution in [2.45, 2.75) is 33.4 Å². The molecule has 122 valence electrons. The molecule has 2 aromatic rings. The average Bonchev–Trinajstić information content (AvgIpc) is 2.59. The summed E-state index contributed by atoms with van der Waals surface area (Å²) in [6.45, 7) is 6.37. The molecule has 1 aromatic carbocycles. The van der Waals surface area contributed by atoms with Gasteiger partial charge >= 0.3 is 0 Å². The van der Waals surface area contributed by atoms with Gasteiger partial charge in [0.05, 0.1) is 6.54 Å². The highest BCUT2D eigenvalue weighted by molar-refractivity contribution is 6.29. The number of nitrogens with zero attached hydrogens (tertiary/aromatic N) is 2. The largest absolute Gasteiger partial charge is 0.357 e. The topological polar surface area (TPSA) is 49.3 Å². The van der Waals surface area contributed by atoms with Crippen LogP contribution in [0.25, 0.3) is 0 Å². The molecular weight excluding hydrogens is 308 g/mol. The van der Waals surface area contributed by atoms with Gasteiger partial charge in [-0.3, -0.25) is 0 Å². The molecule has 5 heteroatoms. The van der Waals surface area contributed by atoms with Crippen LogP contribution in [0.15, 0.2) is 47.6 Å². The predicted octanol–water partition coefficient (Wildman–Crippen LogP) is 3.55. The first-order valence-corrected chi connectivity index (χ1v) is 8.30. The molecule has 0 aliphatic heterocycles. The predicted molar refractivity (Wildman–Crippen MR) is 96.7 cm³/mol. The van der Waals surface area contributed by atoms with Gasteiger partial charge in [-0.15, -0.1) is 0 Å². The Hall–Kier alpha value is -2.07. The number of rotatable bonds is 6. The summed E-state index contributed by atoms with van der Waals surface area (Å²) in [5.41, 5.74) is 3.69. The van der Waals surface area contributed by atoms with Gasteiger partial charge in [0.25, 0.3) is 0 Å². The minimum absolute atomic E-state index is 0.499. The Morgan fingerprint density at radius 1 is 1.09 bits per heavy atom. The van der Waals surface area contributed by atoms with E-state index in [0.717, 1.165) is 31.0 Å². The molecule has 2 N–H and O–H groups in total. The number of aromatic nitrogens is 1. The van der Waals surface area contributed by atoms with Gasteiger partial charge in [-0.2, -0.15) is 0 Å². The van der Waals surface area contributed by atoms with Gasteiger partial charge < -0.3 is 10.6 Å². The summed E-state index contributed by atoms with van der Waals surface area (Å²) in [5.74, 6) is 0.799. The Kier molecular flexibility index (Phi) is 6.88. The molecule has 0 aliphatic carbocycles. The number of hydrogen-bond acceptors (Lipinski definition) is 2. The zero-order valence-electron chi connectivity index (χ0n) is 13.6. The van der Waals surface area contributed by atoms with Gasteiger partial charge in [0.1, 0.15) is 5.15 Å². The van der Waals surface area contributed by atoms with Crippen LogP contribution in [0.3, 0.4) is 0 Å². The summed E-state index contributed by atoms with van der Waals surface area (Å²) in [4.78, 5) is 8.67. The maximum Gasteiger partial charge on any atom is 0.191 e. The third kappa shape index (κ3) is 5.57. The highest BCUT2D eigenvalue weighted by Crippen LogP contribution is 2.09. The van der Waals surface area contributed by atoms with Crippen LogP contribution in [-0.2, 0) is 19.5 Å². The van der Waals surface area contributed by atoms with Gasteiger partial charge in [-0.25, -0.2) is 9.98 Å². The van der Waals surface area contributed by atoms with E-state index in [2.05, 4.69) is 58.7 Å². The summed E-state index contributed by atoms with van der Waals surface area (Å²) in [7, 11) is 0. The van der Waals surface area contributed by atoms with Crippen molar-refractivity contribution in [3.05, 3.63) is 64.4 Å². The fourth-order valence-corrected chi connectivity index (χ4v) is 2.38. The minimum atomic E-state index is 0.499. The molecule has 0 saturated carbocycles. The first kappa shape index (κ1) is 17.3. The third-order valence-corrected chi connectivity index (χ3v) is 3.72. The molecule has 0 unspecified atom stereocenters. The zero-order valence-corrected chi connectivity index (χ0v) is 14.4. The Labute approximate surface area is 143 Å². The number of nitrogens with one attached hydrogen (secondary N) is 2. The SMILES string of the molecule is CCNC(=NCc1ccc(Cl)nc1)NCc1ccccc1CC. The van der Waals surface area contributed by atoms with Gasteiger partial charge in [-0.05, 0) is 36.1 Å². The third-order valence-electron chi connectivity index (χ3n) is 3.50. The lowest BCUT2D eigenvalue weighted by molar-refractivity contribution is 0.808. The second-order valence-electron chi connectivity index (χ2n) is 5.16. The van der Waals surface area contributed by atoms with E-state index >= 15 is 0 Å². The second kappa shape index (κ2) is 9.16. The van der Waals surface area contributed by atoms with E-state index in [0.29, 0.717) is 11.7 Å². The Morgan fingerprint density at radius 3 is 2.52 bits per heavy atom. The number of guanidine groups is 1. The lowest BCUT2D eigenvalue weighted by atomic mass is 10.1. The van der Waals surface area contributed by atoms with Gasteiger partial charge in [0.2, 0.25) is 0 Å². The second-order valence-corrected chi connectivity index (χ2v) is 5.55. The quantitative estimate of drug-likeness (QED) is 0.484. The van der Waals surface area contributed by atoms with Crippen LogP contribution in [0.5, 0.6) is 0 Å². The van der Waals surface area contributed by atoms with Crippen molar-refractivity contribution in [1.29, 1.82) is 0 Å². The van der Waals surface area contributed by atoms with E-state index in [1.165, 1.54) is 11.1 Å². The molecule has 1 aromatic heterocycles. The van der Waals surface area contributed by atoms with Crippen LogP contribution in [0, 0.1) is 0 Å². The van der Waals surface area contributed by atoms with Crippen LogP contribution in [0.4, 0.5) is 0 Å². The van der Waals surface area contributed by atoms with E-state index in [-0.39, 0.29) is 0 Å². The number of benzene rings is 1. The molecular formula is C18H23ClN4. The van der Waals surface area contributed by atoms with Crippen LogP contribution < -0.4 is 10.6 Å². The molecule has 0 atom stereocenters. The Bertz CT molecular complexity index is 638. The Balaban J connectivity index is 2.00. The highest BCUT2D eigenvalue weighted by atomic mass is 35.5. The summed E-state index contributed by atoms with van der Waals surface area (Å²) in [6, 6.07) is 12.2. The average molecular weight is 331 g/mol. The van der Waals surface area contributed by atoms with Crippen molar-refractivity contribution in [3.8, 4) is 0 Å². The molecule has 0 bridgehead atoms. The van der Waals surface area contributed by atoms with Crippen molar-refractivity contribution >= 4 is 17.6 Å². The van der Waals surface area contributed by atoms with E-state index in [1.54, 1.807) is 12.3 Å². The lowest BCUT2D eigenvalue weighted by Gasteiger charge is -2.13. The molecule has 0 radical (unpaired) electrons. The molecule has 0 aliphatic rings. The molecule has 0 saturated heterocycles. The van der Waals surface area contributed by atoms with Crippen molar-refractivity contribution in [2.75, 3.05) is 6.54 Å². The fraction of sp³-hybridized carbons (Fsp3) is 0.333. The zero-order chi connectivity index (χ0) is 16.5. The van der Waals surface area contributed by atoms with Gasteiger partial charge in [-0.1, -0.05) is 48.9 Å². The number of aliphatic imine (C=N–C) groups is 1. The number of pyridine rings is 1. The van der Waals surface area contributed by atoms with Gasteiger partial charge in [0.15, 0.2) is 5.96 Å². The van der Waals surface area contributed by atoms with Crippen LogP contribution in [0.2, 0.25) is 5.15 Å². The summed E-state index contributed by atoms with van der Waals surface area (Å²) in [6.07, 6.45) is 2.78. The summed E-state index contributed by atoms with van der Waals surface area (Å²) < 4.78 is 0. The van der Waals surface area contributed by atoms with Crippen LogP contribution in [0.1, 0.15) is 30.5 Å². The summed E-state index contributed by atoms with van der Waals surface area (Å²) >= 11 is 5.80. The number of aryl methyl sites for hydroxylation is 1. The van der Waals surface area contributed by atoms with Crippen molar-refractivity contribution in [3.63, 3.8) is 0 Å². The monoisotopic (exact) mass is 330 g/mol. The first-order valence-electron chi connectivity index (χ1n) is 7.92. The van der Waals surface area contributed by atoms with Crippen LogP contribution in [-0.4, -0.2) is 17.5 Å². The summed E-state index contributed by atoms with van der Waals surface area (Å²) in [5, 5.41) is 7.15. The van der Waals surface area contributed by atoms with E-state index in [1.807, 2.05) is 6.07 Å². The maximum absolute atomic E-state index is 5.80. The van der Waals surface area contributed by atoms with E-state index in [4.69, 9.17) is 11.6 Å². The van der Waals surface area contributed by atoms with Gasteiger partial charge in [0, 0.05) is 19.3 Å². The molecule has 4 nitrogen and oxygen atoms in total. The molecule has 23 heavy (non-hydrogen) atoms. The van der Waals surface area contributed by atoms with Crippen molar-refractivity contribution in [1.82, 2.24) is 15.6 Å². The fourth-order valence-electron chi connectivity index (χ4n) is 2.27. The molecule has 1 heterocycles. The van der Waals surface area contributed by atoms with Crippen molar-refractivity contribution < 1.29 is 0 Å². The smallest absolute Gasteiger partial charge is 0.191 e. The molecule has 0 spiro atoms. The Morgan fingerprint density at radius 2 is 1.87 bits per heavy atom. The van der Waals surface area contributed by atoms with Crippen molar-refractivity contribution in [2.24, 2.45) is 4.99 Å². The van der Waals surface area contributed by atoms with E-state index in [9.17, 15) is 0 Å². The molecule has 0 amide bonds. The highest BCUT2D eigenvalue weighted by Gasteiger charge is 2.02. The van der Waals surface area contributed by atoms with Crippen LogP contribution >= 0.6 is 11.6 Å². The van der Waals surface area contributed by atoms with E-state index < -0.39 is 0 Å². The first-order chi connectivity index (χ1) is 11.2. The minimum Gasteiger partial charge on any atom is -0.357 e. The molecule has 0 fully saturated rings. The maximum atomic E-state index is 5.80. The standard InChI is InChI=1S/C18H23ClN4/c1-3-15-7-5-6-8-16(15)13-23-18(20-4-2)22-12-14-9-10-17(19)21-11-14/h5-11H,3-4,12-13H2,1-2H3,(H2,20,22,23). The lowest BCUT2D eigenvalue weighted by Crippen LogP contribution is -2.37. The number of halogens is 1. The normalized spacial score (nSPS) is 11.3. The molecule has 2 rings (SSSR count). The number of hydrogen-bond donors (Lipinski definition) is 2.